The van der Waals surface area contributed by atoms with Crippen LogP contribution >= 0.6 is 23.2 Å². The van der Waals surface area contributed by atoms with Crippen molar-refractivity contribution in [3.8, 4) is 0 Å². The first-order valence-corrected chi connectivity index (χ1v) is 7.77. The van der Waals surface area contributed by atoms with Gasteiger partial charge >= 0.3 is 5.97 Å². The standard InChI is InChI=1S/C16H18Cl2N2O2/c1-2-22-16(21)15(19)9-12-4-3-7-20(12)10-11-5-6-13(17)14(18)8-11/h3-8,15H,2,9-10,19H2,1H3. The van der Waals surface area contributed by atoms with Crippen LogP contribution in [0.3, 0.4) is 0 Å². The molecule has 118 valence electrons. The zero-order valence-corrected chi connectivity index (χ0v) is 13.8. The van der Waals surface area contributed by atoms with E-state index < -0.39 is 6.04 Å². The molecule has 0 bridgehead atoms. The Labute approximate surface area is 139 Å². The van der Waals surface area contributed by atoms with Crippen LogP contribution in [0, 0.1) is 0 Å². The number of nitrogens with zero attached hydrogens (tertiary/aromatic N) is 1. The van der Waals surface area contributed by atoms with Gasteiger partial charge in [-0.15, -0.1) is 0 Å². The maximum absolute atomic E-state index is 11.6. The predicted molar refractivity (Wildman–Crippen MR) is 88.3 cm³/mol. The molecule has 1 heterocycles. The Morgan fingerprint density at radius 2 is 2.09 bits per heavy atom. The van der Waals surface area contributed by atoms with Crippen LogP contribution in [0.2, 0.25) is 10.0 Å². The lowest BCUT2D eigenvalue weighted by atomic mass is 10.1. The molecule has 1 aromatic carbocycles. The fraction of sp³-hybridized carbons (Fsp3) is 0.312. The molecule has 0 aliphatic heterocycles. The third kappa shape index (κ3) is 4.26. The molecule has 4 nitrogen and oxygen atoms in total. The second-order valence-corrected chi connectivity index (χ2v) is 5.75. The topological polar surface area (TPSA) is 57.2 Å². The summed E-state index contributed by atoms with van der Waals surface area (Å²) in [4.78, 5) is 11.6. The van der Waals surface area contributed by atoms with Crippen LogP contribution in [-0.2, 0) is 22.5 Å². The summed E-state index contributed by atoms with van der Waals surface area (Å²) in [5.41, 5.74) is 7.86. The molecule has 0 saturated heterocycles. The fourth-order valence-electron chi connectivity index (χ4n) is 2.18. The number of esters is 1. The number of aromatic nitrogens is 1. The van der Waals surface area contributed by atoms with Gasteiger partial charge in [0.15, 0.2) is 0 Å². The zero-order valence-electron chi connectivity index (χ0n) is 12.3. The van der Waals surface area contributed by atoms with E-state index in [1.54, 1.807) is 13.0 Å². The van der Waals surface area contributed by atoms with Gasteiger partial charge in [0.25, 0.3) is 0 Å². The van der Waals surface area contributed by atoms with E-state index >= 15 is 0 Å². The third-order valence-corrected chi connectivity index (χ3v) is 4.02. The molecule has 1 aromatic heterocycles. The quantitative estimate of drug-likeness (QED) is 0.821. The Morgan fingerprint density at radius 1 is 1.32 bits per heavy atom. The smallest absolute Gasteiger partial charge is 0.323 e. The van der Waals surface area contributed by atoms with Crippen molar-refractivity contribution in [2.75, 3.05) is 6.61 Å². The molecule has 0 aliphatic carbocycles. The van der Waals surface area contributed by atoms with Gasteiger partial charge in [0.1, 0.15) is 6.04 Å². The van der Waals surface area contributed by atoms with Crippen molar-refractivity contribution in [1.29, 1.82) is 0 Å². The molecular formula is C16H18Cl2N2O2. The van der Waals surface area contributed by atoms with Gasteiger partial charge in [-0.25, -0.2) is 0 Å². The van der Waals surface area contributed by atoms with Gasteiger partial charge < -0.3 is 15.0 Å². The third-order valence-electron chi connectivity index (χ3n) is 3.28. The molecule has 2 aromatic rings. The van der Waals surface area contributed by atoms with E-state index in [0.29, 0.717) is 29.6 Å². The molecule has 1 unspecified atom stereocenters. The van der Waals surface area contributed by atoms with Gasteiger partial charge in [0.05, 0.1) is 16.7 Å². The Hall–Kier alpha value is -1.49. The SMILES string of the molecule is CCOC(=O)C(N)Cc1cccn1Cc1ccc(Cl)c(Cl)c1. The molecule has 22 heavy (non-hydrogen) atoms. The van der Waals surface area contributed by atoms with Crippen LogP contribution in [0.25, 0.3) is 0 Å². The van der Waals surface area contributed by atoms with E-state index in [9.17, 15) is 4.79 Å². The molecule has 0 fully saturated rings. The lowest BCUT2D eigenvalue weighted by Gasteiger charge is -2.14. The van der Waals surface area contributed by atoms with Crippen molar-refractivity contribution in [2.24, 2.45) is 5.73 Å². The minimum absolute atomic E-state index is 0.330. The van der Waals surface area contributed by atoms with Crippen molar-refractivity contribution < 1.29 is 9.53 Å². The molecular weight excluding hydrogens is 323 g/mol. The normalized spacial score (nSPS) is 12.2. The van der Waals surface area contributed by atoms with Crippen molar-refractivity contribution in [1.82, 2.24) is 4.57 Å². The van der Waals surface area contributed by atoms with Gasteiger partial charge in [-0.3, -0.25) is 4.79 Å². The minimum Gasteiger partial charge on any atom is -0.465 e. The minimum atomic E-state index is -0.664. The number of hydrogen-bond donors (Lipinski definition) is 1. The lowest BCUT2D eigenvalue weighted by Crippen LogP contribution is -2.35. The Balaban J connectivity index is 2.09. The molecule has 0 radical (unpaired) electrons. The average Bonchev–Trinajstić information content (AvgIpc) is 2.90. The first-order chi connectivity index (χ1) is 10.5. The molecule has 0 amide bonds. The summed E-state index contributed by atoms with van der Waals surface area (Å²) in [5, 5.41) is 1.05. The van der Waals surface area contributed by atoms with E-state index in [1.165, 1.54) is 0 Å². The summed E-state index contributed by atoms with van der Waals surface area (Å²) in [5.74, 6) is -0.384. The van der Waals surface area contributed by atoms with Crippen LogP contribution in [0.5, 0.6) is 0 Å². The van der Waals surface area contributed by atoms with Gasteiger partial charge in [0, 0.05) is 24.9 Å². The molecule has 6 heteroatoms. The van der Waals surface area contributed by atoms with Crippen LogP contribution in [0.15, 0.2) is 36.5 Å². The summed E-state index contributed by atoms with van der Waals surface area (Å²) in [6.45, 7) is 2.73. The van der Waals surface area contributed by atoms with Crippen molar-refractivity contribution in [3.63, 3.8) is 0 Å². The predicted octanol–water partition coefficient (Wildman–Crippen LogP) is 3.28. The Morgan fingerprint density at radius 3 is 2.77 bits per heavy atom. The number of carbonyl (C=O) groups excluding carboxylic acids is 1. The lowest BCUT2D eigenvalue weighted by molar-refractivity contribution is -0.144. The summed E-state index contributed by atoms with van der Waals surface area (Å²) in [7, 11) is 0. The maximum atomic E-state index is 11.6. The van der Waals surface area contributed by atoms with E-state index in [2.05, 4.69) is 0 Å². The number of ether oxygens (including phenoxy) is 1. The van der Waals surface area contributed by atoms with E-state index in [0.717, 1.165) is 11.3 Å². The van der Waals surface area contributed by atoms with Crippen LogP contribution in [0.1, 0.15) is 18.2 Å². The van der Waals surface area contributed by atoms with Crippen LogP contribution < -0.4 is 5.73 Å². The average molecular weight is 341 g/mol. The fourth-order valence-corrected chi connectivity index (χ4v) is 2.50. The van der Waals surface area contributed by atoms with Crippen molar-refractivity contribution in [2.45, 2.75) is 25.9 Å². The number of rotatable bonds is 6. The molecule has 0 saturated carbocycles. The summed E-state index contributed by atoms with van der Waals surface area (Å²) >= 11 is 12.0. The van der Waals surface area contributed by atoms with Gasteiger partial charge in [0.2, 0.25) is 0 Å². The maximum Gasteiger partial charge on any atom is 0.323 e. The van der Waals surface area contributed by atoms with Gasteiger partial charge in [-0.2, -0.15) is 0 Å². The van der Waals surface area contributed by atoms with Crippen molar-refractivity contribution in [3.05, 3.63) is 57.8 Å². The first kappa shape index (κ1) is 16.9. The molecule has 2 N–H and O–H groups in total. The summed E-state index contributed by atoms with van der Waals surface area (Å²) < 4.78 is 6.96. The molecule has 0 aliphatic rings. The molecule has 2 rings (SSSR count). The summed E-state index contributed by atoms with van der Waals surface area (Å²) in [6, 6.07) is 8.72. The Bertz CT molecular complexity index is 655. The second-order valence-electron chi connectivity index (χ2n) is 4.94. The highest BCUT2D eigenvalue weighted by Gasteiger charge is 2.17. The number of hydrogen-bond acceptors (Lipinski definition) is 3. The van der Waals surface area contributed by atoms with Crippen LogP contribution in [-0.4, -0.2) is 23.2 Å². The molecule has 0 spiro atoms. The van der Waals surface area contributed by atoms with E-state index in [-0.39, 0.29) is 5.97 Å². The monoisotopic (exact) mass is 340 g/mol. The van der Waals surface area contributed by atoms with Crippen LogP contribution in [0.4, 0.5) is 0 Å². The number of nitrogens with two attached hydrogens (primary N) is 1. The van der Waals surface area contributed by atoms with E-state index in [4.69, 9.17) is 33.7 Å². The Kier molecular flexibility index (Phi) is 5.89. The zero-order chi connectivity index (χ0) is 16.1. The van der Waals surface area contributed by atoms with Gasteiger partial charge in [-0.1, -0.05) is 29.3 Å². The summed E-state index contributed by atoms with van der Waals surface area (Å²) in [6.07, 6.45) is 2.36. The van der Waals surface area contributed by atoms with Crippen molar-refractivity contribution >= 4 is 29.2 Å². The largest absolute Gasteiger partial charge is 0.465 e. The highest BCUT2D eigenvalue weighted by molar-refractivity contribution is 6.42. The number of carbonyl (C=O) groups is 1. The van der Waals surface area contributed by atoms with Gasteiger partial charge in [-0.05, 0) is 36.8 Å². The molecule has 1 atom stereocenters. The second kappa shape index (κ2) is 7.68. The highest BCUT2D eigenvalue weighted by atomic mass is 35.5. The number of halogens is 2. The highest BCUT2D eigenvalue weighted by Crippen LogP contribution is 2.23. The first-order valence-electron chi connectivity index (χ1n) is 7.01. The van der Waals surface area contributed by atoms with E-state index in [1.807, 2.05) is 35.0 Å². The number of benzene rings is 1.